The van der Waals surface area contributed by atoms with Crippen LogP contribution in [-0.4, -0.2) is 20.1 Å². The zero-order valence-corrected chi connectivity index (χ0v) is 9.61. The zero-order valence-electron chi connectivity index (χ0n) is 9.61. The molecule has 0 amide bonds. The molecule has 4 nitrogen and oxygen atoms in total. The second-order valence-corrected chi connectivity index (χ2v) is 3.90. The van der Waals surface area contributed by atoms with Gasteiger partial charge in [0, 0.05) is 5.56 Å². The van der Waals surface area contributed by atoms with E-state index in [4.69, 9.17) is 0 Å². The summed E-state index contributed by atoms with van der Waals surface area (Å²) in [6, 6.07) is 12.7. The van der Waals surface area contributed by atoms with Crippen molar-refractivity contribution in [2.45, 2.75) is 0 Å². The van der Waals surface area contributed by atoms with Gasteiger partial charge in [-0.05, 0) is 18.2 Å². The van der Waals surface area contributed by atoms with Gasteiger partial charge in [0.1, 0.15) is 22.5 Å². The summed E-state index contributed by atoms with van der Waals surface area (Å²) < 4.78 is 0. The van der Waals surface area contributed by atoms with E-state index in [1.807, 2.05) is 24.3 Å². The fourth-order valence-corrected chi connectivity index (χ4v) is 1.86. The first-order valence-electron chi connectivity index (χ1n) is 5.56. The second-order valence-electron chi connectivity index (χ2n) is 3.90. The highest BCUT2D eigenvalue weighted by Gasteiger charge is 2.09. The van der Waals surface area contributed by atoms with E-state index in [-0.39, 0.29) is 5.75 Å². The molecular formula is C14H11N3O. The molecule has 4 heteroatoms. The van der Waals surface area contributed by atoms with Crippen LogP contribution in [0.15, 0.2) is 49.0 Å². The van der Waals surface area contributed by atoms with Crippen molar-refractivity contribution < 1.29 is 5.11 Å². The minimum atomic E-state index is 0.151. The third-order valence-corrected chi connectivity index (χ3v) is 2.76. The molecule has 0 aliphatic carbocycles. The number of hydrogen-bond donors (Lipinski definition) is 1. The van der Waals surface area contributed by atoms with Gasteiger partial charge in [-0.25, -0.2) is 0 Å². The molecule has 3 rings (SSSR count). The summed E-state index contributed by atoms with van der Waals surface area (Å²) in [6.45, 7) is 3.75. The van der Waals surface area contributed by atoms with Crippen LogP contribution in [0.3, 0.4) is 0 Å². The molecule has 88 valence electrons. The minimum Gasteiger partial charge on any atom is -0.506 e. The van der Waals surface area contributed by atoms with E-state index in [0.29, 0.717) is 5.69 Å². The Balaban J connectivity index is 2.26. The van der Waals surface area contributed by atoms with Crippen LogP contribution in [0.25, 0.3) is 22.8 Å². The summed E-state index contributed by atoms with van der Waals surface area (Å²) in [5.74, 6) is 0.151. The number of aromatic nitrogens is 3. The van der Waals surface area contributed by atoms with Crippen LogP contribution in [0.5, 0.6) is 5.75 Å². The molecule has 0 aliphatic heterocycles. The van der Waals surface area contributed by atoms with E-state index in [9.17, 15) is 5.11 Å². The normalized spacial score (nSPS) is 10.7. The van der Waals surface area contributed by atoms with Crippen LogP contribution in [-0.2, 0) is 0 Å². The lowest BCUT2D eigenvalue weighted by molar-refractivity contribution is 0.468. The Hall–Kier alpha value is -2.62. The van der Waals surface area contributed by atoms with Gasteiger partial charge in [0.15, 0.2) is 0 Å². The molecule has 18 heavy (non-hydrogen) atoms. The minimum absolute atomic E-state index is 0.151. The maximum Gasteiger partial charge on any atom is 0.143 e. The fourth-order valence-electron chi connectivity index (χ4n) is 1.86. The van der Waals surface area contributed by atoms with Crippen molar-refractivity contribution in [3.05, 3.63) is 54.6 Å². The lowest BCUT2D eigenvalue weighted by atomic mass is 10.2. The van der Waals surface area contributed by atoms with Gasteiger partial charge >= 0.3 is 0 Å². The van der Waals surface area contributed by atoms with E-state index in [0.717, 1.165) is 16.6 Å². The molecule has 1 aromatic heterocycles. The number of aromatic hydroxyl groups is 1. The van der Waals surface area contributed by atoms with Crippen LogP contribution in [0.4, 0.5) is 0 Å². The largest absolute Gasteiger partial charge is 0.506 e. The van der Waals surface area contributed by atoms with Gasteiger partial charge in [-0.1, -0.05) is 36.9 Å². The van der Waals surface area contributed by atoms with E-state index in [1.165, 1.54) is 4.80 Å². The predicted molar refractivity (Wildman–Crippen MR) is 70.6 cm³/mol. The summed E-state index contributed by atoms with van der Waals surface area (Å²) in [5, 5.41) is 18.5. The van der Waals surface area contributed by atoms with Crippen LogP contribution in [0.1, 0.15) is 5.56 Å². The highest BCUT2D eigenvalue weighted by molar-refractivity contribution is 5.83. The highest BCUT2D eigenvalue weighted by atomic mass is 16.3. The van der Waals surface area contributed by atoms with E-state index < -0.39 is 0 Å². The van der Waals surface area contributed by atoms with Gasteiger partial charge < -0.3 is 5.11 Å². The van der Waals surface area contributed by atoms with Crippen LogP contribution < -0.4 is 0 Å². The standard InChI is InChI=1S/C14H11N3O/c1-2-10-6-5-7-11-14(10)16-17(15-11)12-8-3-4-9-13(12)18/h2-9,18H,1H2. The van der Waals surface area contributed by atoms with Crippen molar-refractivity contribution in [2.75, 3.05) is 0 Å². The van der Waals surface area contributed by atoms with Crippen molar-refractivity contribution in [1.82, 2.24) is 15.0 Å². The number of benzene rings is 2. The van der Waals surface area contributed by atoms with Crippen LogP contribution in [0.2, 0.25) is 0 Å². The van der Waals surface area contributed by atoms with Crippen molar-refractivity contribution >= 4 is 17.1 Å². The fraction of sp³-hybridized carbons (Fsp3) is 0. The van der Waals surface area contributed by atoms with Crippen molar-refractivity contribution in [1.29, 1.82) is 0 Å². The molecule has 0 aliphatic rings. The van der Waals surface area contributed by atoms with Gasteiger partial charge in [-0.3, -0.25) is 0 Å². The smallest absolute Gasteiger partial charge is 0.143 e. The molecule has 0 saturated carbocycles. The van der Waals surface area contributed by atoms with E-state index in [1.54, 1.807) is 24.3 Å². The van der Waals surface area contributed by atoms with Crippen molar-refractivity contribution in [3.8, 4) is 11.4 Å². The predicted octanol–water partition coefficient (Wildman–Crippen LogP) is 2.77. The lowest BCUT2D eigenvalue weighted by Crippen LogP contribution is -1.98. The van der Waals surface area contributed by atoms with Crippen LogP contribution >= 0.6 is 0 Å². The molecule has 0 spiro atoms. The summed E-state index contributed by atoms with van der Waals surface area (Å²) in [4.78, 5) is 1.44. The molecule has 1 N–H and O–H groups in total. The molecule has 0 saturated heterocycles. The Morgan fingerprint density at radius 3 is 2.67 bits per heavy atom. The molecule has 0 radical (unpaired) electrons. The Labute approximate surface area is 104 Å². The maximum atomic E-state index is 9.79. The maximum absolute atomic E-state index is 9.79. The number of phenolic OH excluding ortho intramolecular Hbond substituents is 1. The lowest BCUT2D eigenvalue weighted by Gasteiger charge is -2.00. The molecule has 1 heterocycles. The SMILES string of the molecule is C=Cc1cccc2nn(-c3ccccc3O)nc12. The monoisotopic (exact) mass is 237 g/mol. The summed E-state index contributed by atoms with van der Waals surface area (Å²) in [5.41, 5.74) is 3.03. The average molecular weight is 237 g/mol. The molecule has 0 atom stereocenters. The number of hydrogen-bond acceptors (Lipinski definition) is 3. The first-order chi connectivity index (χ1) is 8.79. The van der Waals surface area contributed by atoms with E-state index >= 15 is 0 Å². The third-order valence-electron chi connectivity index (χ3n) is 2.76. The van der Waals surface area contributed by atoms with Gasteiger partial charge in [0.25, 0.3) is 0 Å². The Morgan fingerprint density at radius 2 is 1.89 bits per heavy atom. The quantitative estimate of drug-likeness (QED) is 0.745. The van der Waals surface area contributed by atoms with Gasteiger partial charge in [-0.15, -0.1) is 15.0 Å². The number of rotatable bonds is 2. The molecule has 0 unspecified atom stereocenters. The Morgan fingerprint density at radius 1 is 1.06 bits per heavy atom. The first kappa shape index (κ1) is 10.5. The summed E-state index contributed by atoms with van der Waals surface area (Å²) in [7, 11) is 0. The van der Waals surface area contributed by atoms with Crippen molar-refractivity contribution in [2.24, 2.45) is 0 Å². The molecular weight excluding hydrogens is 226 g/mol. The molecule has 0 fully saturated rings. The topological polar surface area (TPSA) is 50.9 Å². The first-order valence-corrected chi connectivity index (χ1v) is 5.56. The highest BCUT2D eigenvalue weighted by Crippen LogP contribution is 2.22. The zero-order chi connectivity index (χ0) is 12.5. The van der Waals surface area contributed by atoms with E-state index in [2.05, 4.69) is 16.8 Å². The van der Waals surface area contributed by atoms with Crippen LogP contribution in [0, 0.1) is 0 Å². The van der Waals surface area contributed by atoms with Crippen molar-refractivity contribution in [3.63, 3.8) is 0 Å². The van der Waals surface area contributed by atoms with Gasteiger partial charge in [0.2, 0.25) is 0 Å². The second kappa shape index (κ2) is 4.00. The molecule has 2 aromatic carbocycles. The Kier molecular flexibility index (Phi) is 2.34. The number of para-hydroxylation sites is 2. The number of nitrogens with zero attached hydrogens (tertiary/aromatic N) is 3. The third kappa shape index (κ3) is 1.55. The molecule has 3 aromatic rings. The Bertz CT molecular complexity index is 731. The average Bonchev–Trinajstić information content (AvgIpc) is 2.82. The summed E-state index contributed by atoms with van der Waals surface area (Å²) >= 11 is 0. The number of phenols is 1. The van der Waals surface area contributed by atoms with Gasteiger partial charge in [0.05, 0.1) is 0 Å². The number of fused-ring (bicyclic) bond motifs is 1. The molecule has 0 bridgehead atoms. The summed E-state index contributed by atoms with van der Waals surface area (Å²) in [6.07, 6.45) is 1.74. The van der Waals surface area contributed by atoms with Gasteiger partial charge in [-0.2, -0.15) is 0 Å².